The zero-order valence-corrected chi connectivity index (χ0v) is 8.40. The molecule has 0 fully saturated rings. The van der Waals surface area contributed by atoms with Gasteiger partial charge in [0.2, 0.25) is 5.88 Å². The minimum atomic E-state index is 0.442. The van der Waals surface area contributed by atoms with Crippen molar-refractivity contribution in [2.75, 3.05) is 19.8 Å². The van der Waals surface area contributed by atoms with Gasteiger partial charge in [-0.25, -0.2) is 4.98 Å². The number of rotatable bonds is 6. The second-order valence-corrected chi connectivity index (χ2v) is 2.72. The van der Waals surface area contributed by atoms with E-state index >= 15 is 0 Å². The van der Waals surface area contributed by atoms with Gasteiger partial charge in [-0.1, -0.05) is 6.07 Å². The normalized spacial score (nSPS) is 10.1. The first kappa shape index (κ1) is 10.9. The molecule has 0 aliphatic rings. The van der Waals surface area contributed by atoms with E-state index in [0.29, 0.717) is 32.2 Å². The SMILES string of the molecule is CCOCCOc1ncccc1CN. The summed E-state index contributed by atoms with van der Waals surface area (Å²) in [6.07, 6.45) is 1.69. The van der Waals surface area contributed by atoms with Gasteiger partial charge < -0.3 is 15.2 Å². The first-order valence-electron chi connectivity index (χ1n) is 4.73. The maximum absolute atomic E-state index is 5.53. The Kier molecular flexibility index (Phi) is 4.96. The van der Waals surface area contributed by atoms with Gasteiger partial charge in [-0.2, -0.15) is 0 Å². The number of hydrogen-bond acceptors (Lipinski definition) is 4. The van der Waals surface area contributed by atoms with Gasteiger partial charge in [-0.15, -0.1) is 0 Å². The fourth-order valence-corrected chi connectivity index (χ4v) is 1.05. The molecule has 0 radical (unpaired) electrons. The third-order valence-corrected chi connectivity index (χ3v) is 1.74. The first-order chi connectivity index (χ1) is 6.88. The number of nitrogens with zero attached hydrogens (tertiary/aromatic N) is 1. The van der Waals surface area contributed by atoms with Crippen LogP contribution in [-0.4, -0.2) is 24.8 Å². The molecule has 1 rings (SSSR count). The predicted molar refractivity (Wildman–Crippen MR) is 54.1 cm³/mol. The van der Waals surface area contributed by atoms with Crippen LogP contribution < -0.4 is 10.5 Å². The highest BCUT2D eigenvalue weighted by Gasteiger charge is 2.01. The molecule has 0 aliphatic carbocycles. The lowest BCUT2D eigenvalue weighted by Crippen LogP contribution is -2.09. The highest BCUT2D eigenvalue weighted by Crippen LogP contribution is 2.12. The number of nitrogens with two attached hydrogens (primary N) is 1. The van der Waals surface area contributed by atoms with Crippen molar-refractivity contribution in [2.24, 2.45) is 5.73 Å². The van der Waals surface area contributed by atoms with Gasteiger partial charge in [-0.3, -0.25) is 0 Å². The zero-order valence-electron chi connectivity index (χ0n) is 8.40. The van der Waals surface area contributed by atoms with E-state index in [-0.39, 0.29) is 0 Å². The van der Waals surface area contributed by atoms with Crippen LogP contribution in [0.3, 0.4) is 0 Å². The van der Waals surface area contributed by atoms with E-state index in [2.05, 4.69) is 4.98 Å². The predicted octanol–water partition coefficient (Wildman–Crippen LogP) is 0.956. The van der Waals surface area contributed by atoms with Crippen LogP contribution in [0, 0.1) is 0 Å². The number of ether oxygens (including phenoxy) is 2. The average molecular weight is 196 g/mol. The molecule has 78 valence electrons. The summed E-state index contributed by atoms with van der Waals surface area (Å²) in [7, 11) is 0. The van der Waals surface area contributed by atoms with E-state index in [1.165, 1.54) is 0 Å². The number of aromatic nitrogens is 1. The fourth-order valence-electron chi connectivity index (χ4n) is 1.05. The zero-order chi connectivity index (χ0) is 10.2. The van der Waals surface area contributed by atoms with Crippen molar-refractivity contribution < 1.29 is 9.47 Å². The summed E-state index contributed by atoms with van der Waals surface area (Å²) in [6, 6.07) is 3.75. The summed E-state index contributed by atoms with van der Waals surface area (Å²) in [6.45, 7) is 4.19. The Hall–Kier alpha value is -1.13. The molecule has 2 N–H and O–H groups in total. The molecule has 0 atom stereocenters. The smallest absolute Gasteiger partial charge is 0.217 e. The van der Waals surface area contributed by atoms with E-state index in [4.69, 9.17) is 15.2 Å². The van der Waals surface area contributed by atoms with Gasteiger partial charge in [0, 0.05) is 24.9 Å². The van der Waals surface area contributed by atoms with Crippen LogP contribution in [0.15, 0.2) is 18.3 Å². The summed E-state index contributed by atoms with van der Waals surface area (Å²) >= 11 is 0. The van der Waals surface area contributed by atoms with Crippen LogP contribution in [0.4, 0.5) is 0 Å². The molecule has 4 heteroatoms. The summed E-state index contributed by atoms with van der Waals surface area (Å²) in [5, 5.41) is 0. The van der Waals surface area contributed by atoms with E-state index in [1.807, 2.05) is 19.1 Å². The first-order valence-corrected chi connectivity index (χ1v) is 4.73. The Bertz CT molecular complexity index is 266. The maximum atomic E-state index is 5.53. The molecule has 0 bridgehead atoms. The van der Waals surface area contributed by atoms with Crippen molar-refractivity contribution in [1.29, 1.82) is 0 Å². The van der Waals surface area contributed by atoms with E-state index in [1.54, 1.807) is 6.20 Å². The molecule has 14 heavy (non-hydrogen) atoms. The third kappa shape index (κ3) is 3.32. The van der Waals surface area contributed by atoms with Gasteiger partial charge in [0.1, 0.15) is 6.61 Å². The molecule has 1 aromatic rings. The van der Waals surface area contributed by atoms with E-state index in [0.717, 1.165) is 5.56 Å². The molecule has 0 amide bonds. The van der Waals surface area contributed by atoms with Crippen molar-refractivity contribution in [3.63, 3.8) is 0 Å². The third-order valence-electron chi connectivity index (χ3n) is 1.74. The van der Waals surface area contributed by atoms with Gasteiger partial charge in [0.15, 0.2) is 0 Å². The topological polar surface area (TPSA) is 57.4 Å². The van der Waals surface area contributed by atoms with Crippen LogP contribution in [0.2, 0.25) is 0 Å². The van der Waals surface area contributed by atoms with Gasteiger partial charge in [0.05, 0.1) is 6.61 Å². The lowest BCUT2D eigenvalue weighted by atomic mass is 10.3. The summed E-state index contributed by atoms with van der Waals surface area (Å²) in [4.78, 5) is 4.09. The second kappa shape index (κ2) is 6.34. The van der Waals surface area contributed by atoms with Crippen LogP contribution in [0.25, 0.3) is 0 Å². The molecule has 1 aromatic heterocycles. The highest BCUT2D eigenvalue weighted by molar-refractivity contribution is 5.24. The quantitative estimate of drug-likeness (QED) is 0.688. The Morgan fingerprint density at radius 1 is 1.43 bits per heavy atom. The summed E-state index contributed by atoms with van der Waals surface area (Å²) < 4.78 is 10.6. The van der Waals surface area contributed by atoms with Crippen LogP contribution in [0.1, 0.15) is 12.5 Å². The van der Waals surface area contributed by atoms with Crippen LogP contribution in [0.5, 0.6) is 5.88 Å². The van der Waals surface area contributed by atoms with Crippen LogP contribution in [-0.2, 0) is 11.3 Å². The monoisotopic (exact) mass is 196 g/mol. The van der Waals surface area contributed by atoms with E-state index in [9.17, 15) is 0 Å². The Morgan fingerprint density at radius 3 is 3.00 bits per heavy atom. The van der Waals surface area contributed by atoms with E-state index < -0.39 is 0 Å². The molecular weight excluding hydrogens is 180 g/mol. The number of pyridine rings is 1. The second-order valence-electron chi connectivity index (χ2n) is 2.72. The maximum Gasteiger partial charge on any atom is 0.217 e. The molecule has 0 saturated carbocycles. The van der Waals surface area contributed by atoms with Crippen molar-refractivity contribution in [1.82, 2.24) is 4.98 Å². The minimum absolute atomic E-state index is 0.442. The summed E-state index contributed by atoms with van der Waals surface area (Å²) in [5.74, 6) is 0.606. The summed E-state index contributed by atoms with van der Waals surface area (Å²) in [5.41, 5.74) is 6.45. The molecule has 0 saturated heterocycles. The molecule has 0 spiro atoms. The Balaban J connectivity index is 2.41. The molecule has 1 heterocycles. The van der Waals surface area contributed by atoms with Crippen molar-refractivity contribution in [3.05, 3.63) is 23.9 Å². The highest BCUT2D eigenvalue weighted by atomic mass is 16.5. The fraction of sp³-hybridized carbons (Fsp3) is 0.500. The van der Waals surface area contributed by atoms with Crippen molar-refractivity contribution >= 4 is 0 Å². The Morgan fingerprint density at radius 2 is 2.29 bits per heavy atom. The molecule has 0 unspecified atom stereocenters. The molecular formula is C10H16N2O2. The van der Waals surface area contributed by atoms with Crippen molar-refractivity contribution in [3.8, 4) is 5.88 Å². The van der Waals surface area contributed by atoms with Gasteiger partial charge >= 0.3 is 0 Å². The molecule has 0 aliphatic heterocycles. The lowest BCUT2D eigenvalue weighted by Gasteiger charge is -2.08. The van der Waals surface area contributed by atoms with Crippen molar-refractivity contribution in [2.45, 2.75) is 13.5 Å². The largest absolute Gasteiger partial charge is 0.475 e. The standard InChI is InChI=1S/C10H16N2O2/c1-2-13-6-7-14-10-9(8-11)4-3-5-12-10/h3-5H,2,6-8,11H2,1H3. The Labute approximate surface area is 84.0 Å². The van der Waals surface area contributed by atoms with Crippen LogP contribution >= 0.6 is 0 Å². The average Bonchev–Trinajstić information content (AvgIpc) is 2.25. The minimum Gasteiger partial charge on any atom is -0.475 e. The lowest BCUT2D eigenvalue weighted by molar-refractivity contribution is 0.108. The molecule has 4 nitrogen and oxygen atoms in total. The van der Waals surface area contributed by atoms with Gasteiger partial charge in [-0.05, 0) is 13.0 Å². The van der Waals surface area contributed by atoms with Gasteiger partial charge in [0.25, 0.3) is 0 Å². The molecule has 0 aromatic carbocycles. The number of hydrogen-bond donors (Lipinski definition) is 1.